The summed E-state index contributed by atoms with van der Waals surface area (Å²) in [7, 11) is 0. The Bertz CT molecular complexity index is 1270. The quantitative estimate of drug-likeness (QED) is 0.353. The van der Waals surface area contributed by atoms with Crippen LogP contribution in [0.15, 0.2) is 58.8 Å². The first-order valence-electron chi connectivity index (χ1n) is 9.14. The molecule has 4 rings (SSSR count). The number of ether oxygens (including phenoxy) is 1. The fourth-order valence-corrected chi connectivity index (χ4v) is 4.55. The molecule has 1 aliphatic rings. The van der Waals surface area contributed by atoms with E-state index in [1.165, 1.54) is 30.0 Å². The number of thiazole rings is 1. The van der Waals surface area contributed by atoms with Gasteiger partial charge < -0.3 is 10.1 Å². The molecule has 168 valence electrons. The number of thiocarbonyl (C=S) groups is 1. The fraction of sp³-hybridized carbons (Fsp3) is 0.0476. The maximum absolute atomic E-state index is 12.5. The number of aromatic nitrogens is 1. The first-order valence-corrected chi connectivity index (χ1v) is 11.2. The molecule has 12 heteroatoms. The van der Waals surface area contributed by atoms with Gasteiger partial charge in [0.2, 0.25) is 0 Å². The lowest BCUT2D eigenvalue weighted by Gasteiger charge is -2.09. The number of hydrogen-bond donors (Lipinski definition) is 2. The van der Waals surface area contributed by atoms with Gasteiger partial charge in [0.1, 0.15) is 10.1 Å². The molecule has 0 radical (unpaired) electrons. The average molecular weight is 508 g/mol. The molecule has 1 fully saturated rings. The molecule has 1 aromatic heterocycles. The van der Waals surface area contributed by atoms with Crippen molar-refractivity contribution in [3.8, 4) is 17.0 Å². The molecule has 2 N–H and O–H groups in total. The van der Waals surface area contributed by atoms with Crippen molar-refractivity contribution in [2.24, 2.45) is 0 Å². The molecule has 0 bridgehead atoms. The number of anilines is 1. The molecular weight excluding hydrogens is 495 g/mol. The second kappa shape index (κ2) is 9.33. The van der Waals surface area contributed by atoms with Gasteiger partial charge in [-0.3, -0.25) is 14.9 Å². The number of hydrogen-bond acceptors (Lipinski definition) is 7. The highest BCUT2D eigenvalue weighted by Crippen LogP contribution is 2.30. The first-order chi connectivity index (χ1) is 15.7. The highest BCUT2D eigenvalue weighted by atomic mass is 32.2. The molecule has 2 heterocycles. The number of thioether (sulfide) groups is 1. The molecule has 0 unspecified atom stereocenters. The largest absolute Gasteiger partial charge is 0.573 e. The molecule has 1 saturated heterocycles. The number of amides is 2. The van der Waals surface area contributed by atoms with Crippen molar-refractivity contribution in [2.75, 3.05) is 5.32 Å². The van der Waals surface area contributed by atoms with Crippen LogP contribution < -0.4 is 15.4 Å². The van der Waals surface area contributed by atoms with E-state index in [-0.39, 0.29) is 16.8 Å². The molecule has 0 saturated carbocycles. The number of alkyl halides is 3. The second-order valence-corrected chi connectivity index (χ2v) is 9.12. The number of nitrogens with zero attached hydrogens (tertiary/aromatic N) is 1. The monoisotopic (exact) mass is 507 g/mol. The van der Waals surface area contributed by atoms with Crippen molar-refractivity contribution >= 4 is 62.7 Å². The van der Waals surface area contributed by atoms with Crippen molar-refractivity contribution in [3.63, 3.8) is 0 Å². The normalized spacial score (nSPS) is 14.9. The van der Waals surface area contributed by atoms with Crippen LogP contribution >= 0.6 is 35.3 Å². The third-order valence-corrected chi connectivity index (χ3v) is 6.12. The minimum Gasteiger partial charge on any atom is -0.406 e. The number of rotatable bonds is 5. The van der Waals surface area contributed by atoms with Gasteiger partial charge in [0, 0.05) is 16.5 Å². The number of benzene rings is 2. The zero-order valence-corrected chi connectivity index (χ0v) is 18.8. The number of halogens is 3. The maximum atomic E-state index is 12.5. The Morgan fingerprint density at radius 3 is 2.61 bits per heavy atom. The van der Waals surface area contributed by atoms with Crippen LogP contribution in [0.2, 0.25) is 0 Å². The van der Waals surface area contributed by atoms with Gasteiger partial charge in [-0.05, 0) is 35.9 Å². The van der Waals surface area contributed by atoms with Crippen LogP contribution in [0.1, 0.15) is 15.9 Å². The lowest BCUT2D eigenvalue weighted by Crippen LogP contribution is -2.17. The number of nitrogens with one attached hydrogen (secondary N) is 2. The highest BCUT2D eigenvalue weighted by molar-refractivity contribution is 8.26. The Balaban J connectivity index is 1.43. The van der Waals surface area contributed by atoms with Crippen LogP contribution in [0.25, 0.3) is 17.3 Å². The van der Waals surface area contributed by atoms with Gasteiger partial charge in [-0.25, -0.2) is 4.98 Å². The third kappa shape index (κ3) is 5.97. The summed E-state index contributed by atoms with van der Waals surface area (Å²) in [6.45, 7) is 0. The summed E-state index contributed by atoms with van der Waals surface area (Å²) < 4.78 is 41.6. The van der Waals surface area contributed by atoms with Gasteiger partial charge in [0.15, 0.2) is 5.13 Å². The van der Waals surface area contributed by atoms with Gasteiger partial charge >= 0.3 is 6.36 Å². The van der Waals surface area contributed by atoms with E-state index in [9.17, 15) is 22.8 Å². The van der Waals surface area contributed by atoms with E-state index >= 15 is 0 Å². The highest BCUT2D eigenvalue weighted by Gasteiger charge is 2.31. The summed E-state index contributed by atoms with van der Waals surface area (Å²) in [5.74, 6) is -1.02. The van der Waals surface area contributed by atoms with Gasteiger partial charge in [0.05, 0.1) is 10.6 Å². The lowest BCUT2D eigenvalue weighted by atomic mass is 10.1. The molecule has 2 aromatic carbocycles. The summed E-state index contributed by atoms with van der Waals surface area (Å²) in [6.07, 6.45) is -3.12. The van der Waals surface area contributed by atoms with Gasteiger partial charge in [-0.15, -0.1) is 24.5 Å². The predicted molar refractivity (Wildman–Crippen MR) is 125 cm³/mol. The average Bonchev–Trinajstić information content (AvgIpc) is 3.33. The zero-order valence-electron chi connectivity index (χ0n) is 16.3. The lowest BCUT2D eigenvalue weighted by molar-refractivity contribution is -0.274. The first kappa shape index (κ1) is 23.0. The smallest absolute Gasteiger partial charge is 0.406 e. The van der Waals surface area contributed by atoms with Crippen molar-refractivity contribution < 1.29 is 27.5 Å². The van der Waals surface area contributed by atoms with E-state index in [0.717, 1.165) is 16.9 Å². The van der Waals surface area contributed by atoms with E-state index in [1.54, 1.807) is 41.8 Å². The minimum absolute atomic E-state index is 0.262. The molecule has 1 aliphatic heterocycles. The van der Waals surface area contributed by atoms with Crippen LogP contribution in [-0.4, -0.2) is 27.5 Å². The van der Waals surface area contributed by atoms with E-state index in [4.69, 9.17) is 12.2 Å². The Morgan fingerprint density at radius 2 is 1.94 bits per heavy atom. The Kier molecular flexibility index (Phi) is 6.49. The second-order valence-electron chi connectivity index (χ2n) is 6.54. The fourth-order valence-electron chi connectivity index (χ4n) is 2.79. The van der Waals surface area contributed by atoms with Gasteiger partial charge in [0.25, 0.3) is 11.8 Å². The summed E-state index contributed by atoms with van der Waals surface area (Å²) in [5.41, 5.74) is 1.91. The van der Waals surface area contributed by atoms with Crippen LogP contribution in [-0.2, 0) is 4.79 Å². The minimum atomic E-state index is -4.79. The van der Waals surface area contributed by atoms with Gasteiger partial charge in [-0.2, -0.15) is 0 Å². The molecule has 0 spiro atoms. The van der Waals surface area contributed by atoms with Crippen LogP contribution in [0.5, 0.6) is 5.75 Å². The Labute approximate surface area is 198 Å². The summed E-state index contributed by atoms with van der Waals surface area (Å²) in [6, 6.07) is 12.0. The standard InChI is InChI=1S/C21H12F3N3O3S3/c22-21(23,24)30-14-3-1-2-13(9-14)15-10-32-19(25-15)26-17(28)12-6-4-11(5-7-12)8-16-18(29)27-20(31)33-16/h1-10H,(H,25,26,28)(H,27,29,31)/b16-8-. The molecule has 0 atom stereocenters. The van der Waals surface area contributed by atoms with E-state index < -0.39 is 12.3 Å². The molecule has 2 amide bonds. The van der Waals surface area contributed by atoms with Crippen molar-refractivity contribution in [2.45, 2.75) is 6.36 Å². The molecular formula is C21H12F3N3O3S3. The summed E-state index contributed by atoms with van der Waals surface area (Å²) in [5, 5.41) is 7.10. The van der Waals surface area contributed by atoms with E-state index in [1.807, 2.05) is 0 Å². The topological polar surface area (TPSA) is 80.3 Å². The van der Waals surface area contributed by atoms with E-state index in [0.29, 0.717) is 26.0 Å². The van der Waals surface area contributed by atoms with Crippen molar-refractivity contribution in [1.29, 1.82) is 0 Å². The molecule has 0 aliphatic carbocycles. The molecule has 6 nitrogen and oxygen atoms in total. The Morgan fingerprint density at radius 1 is 1.18 bits per heavy atom. The summed E-state index contributed by atoms with van der Waals surface area (Å²) in [4.78, 5) is 29.0. The number of carbonyl (C=O) groups is 2. The van der Waals surface area contributed by atoms with Gasteiger partial charge in [-0.1, -0.05) is 48.2 Å². The van der Waals surface area contributed by atoms with Crippen LogP contribution in [0.3, 0.4) is 0 Å². The van der Waals surface area contributed by atoms with Crippen LogP contribution in [0, 0.1) is 0 Å². The SMILES string of the molecule is O=C1NC(=S)S/C1=C\c1ccc(C(=O)Nc2nc(-c3cccc(OC(F)(F)F)c3)cs2)cc1. The van der Waals surface area contributed by atoms with Crippen molar-refractivity contribution in [1.82, 2.24) is 10.3 Å². The number of carbonyl (C=O) groups excluding carboxylic acids is 2. The zero-order chi connectivity index (χ0) is 23.6. The Hall–Kier alpha value is -3.22. The third-order valence-electron chi connectivity index (χ3n) is 4.20. The maximum Gasteiger partial charge on any atom is 0.573 e. The molecule has 33 heavy (non-hydrogen) atoms. The van der Waals surface area contributed by atoms with E-state index in [2.05, 4.69) is 20.4 Å². The van der Waals surface area contributed by atoms with Crippen LogP contribution in [0.4, 0.5) is 18.3 Å². The molecule has 3 aromatic rings. The van der Waals surface area contributed by atoms with Crippen molar-refractivity contribution in [3.05, 3.63) is 69.9 Å². The predicted octanol–water partition coefficient (Wildman–Crippen LogP) is 5.45. The summed E-state index contributed by atoms with van der Waals surface area (Å²) >= 11 is 7.25.